The van der Waals surface area contributed by atoms with E-state index in [1.165, 1.54) is 0 Å². The molecule has 0 rings (SSSR count). The average Bonchev–Trinajstić information content (AvgIpc) is 1.89. The maximum atomic E-state index is 5.63. The molecule has 0 aromatic carbocycles. The largest absolute Gasteiger partial charge is 0.383 e. The van der Waals surface area contributed by atoms with Gasteiger partial charge in [0.2, 0.25) is 0 Å². The molecule has 0 spiro atoms. The lowest BCUT2D eigenvalue weighted by atomic mass is 10.1. The van der Waals surface area contributed by atoms with Gasteiger partial charge in [-0.05, 0) is 12.8 Å². The minimum atomic E-state index is 0.151. The van der Waals surface area contributed by atoms with Crippen LogP contribution in [-0.2, 0) is 4.74 Å². The standard InChI is InChI=1S/C8H15NO/c1-3-4-5-6-8(9)7-10-2/h1,8H,4-7,9H2,2H3. The molecule has 0 radical (unpaired) electrons. The Morgan fingerprint density at radius 1 is 1.70 bits per heavy atom. The normalized spacial score (nSPS) is 12.5. The van der Waals surface area contributed by atoms with Crippen LogP contribution in [0.4, 0.5) is 0 Å². The topological polar surface area (TPSA) is 35.2 Å². The summed E-state index contributed by atoms with van der Waals surface area (Å²) in [6, 6.07) is 0.151. The molecule has 0 saturated heterocycles. The third kappa shape index (κ3) is 5.61. The second-order valence-corrected chi connectivity index (χ2v) is 2.31. The molecule has 10 heavy (non-hydrogen) atoms. The van der Waals surface area contributed by atoms with E-state index in [9.17, 15) is 0 Å². The summed E-state index contributed by atoms with van der Waals surface area (Å²) in [6.45, 7) is 0.630. The van der Waals surface area contributed by atoms with Gasteiger partial charge in [0, 0.05) is 19.6 Å². The molecule has 0 aliphatic carbocycles. The summed E-state index contributed by atoms with van der Waals surface area (Å²) in [5.74, 6) is 2.57. The smallest absolute Gasteiger partial charge is 0.0613 e. The molecule has 2 N–H and O–H groups in total. The molecule has 0 bridgehead atoms. The Morgan fingerprint density at radius 2 is 2.40 bits per heavy atom. The van der Waals surface area contributed by atoms with Crippen LogP contribution in [0.3, 0.4) is 0 Å². The fourth-order valence-corrected chi connectivity index (χ4v) is 0.764. The third-order valence-electron chi connectivity index (χ3n) is 1.28. The van der Waals surface area contributed by atoms with Gasteiger partial charge in [-0.3, -0.25) is 0 Å². The molecule has 2 nitrogen and oxygen atoms in total. The van der Waals surface area contributed by atoms with Crippen LogP contribution in [0.1, 0.15) is 19.3 Å². The molecular formula is C8H15NO. The van der Waals surface area contributed by atoms with Crippen LogP contribution in [0, 0.1) is 12.3 Å². The lowest BCUT2D eigenvalue weighted by Gasteiger charge is -2.07. The van der Waals surface area contributed by atoms with E-state index in [-0.39, 0.29) is 6.04 Å². The van der Waals surface area contributed by atoms with Gasteiger partial charge in [0.05, 0.1) is 6.61 Å². The molecule has 0 fully saturated rings. The summed E-state index contributed by atoms with van der Waals surface area (Å²) in [5, 5.41) is 0. The predicted octanol–water partition coefficient (Wildman–Crippen LogP) is 0.764. The number of nitrogens with two attached hydrogens (primary N) is 1. The van der Waals surface area contributed by atoms with Gasteiger partial charge < -0.3 is 10.5 Å². The van der Waals surface area contributed by atoms with E-state index in [2.05, 4.69) is 5.92 Å². The van der Waals surface area contributed by atoms with Crippen molar-refractivity contribution in [1.29, 1.82) is 0 Å². The van der Waals surface area contributed by atoms with Gasteiger partial charge in [0.25, 0.3) is 0 Å². The van der Waals surface area contributed by atoms with Gasteiger partial charge in [-0.1, -0.05) is 0 Å². The van der Waals surface area contributed by atoms with Crippen LogP contribution >= 0.6 is 0 Å². The first-order chi connectivity index (χ1) is 4.81. The number of unbranched alkanes of at least 4 members (excludes halogenated alkanes) is 1. The highest BCUT2D eigenvalue weighted by molar-refractivity contribution is 4.83. The van der Waals surface area contributed by atoms with Crippen molar-refractivity contribution >= 4 is 0 Å². The van der Waals surface area contributed by atoms with Crippen LogP contribution in [0.25, 0.3) is 0 Å². The Bertz CT molecular complexity index is 106. The molecule has 2 heteroatoms. The summed E-state index contributed by atoms with van der Waals surface area (Å²) < 4.78 is 4.86. The Labute approximate surface area is 62.7 Å². The molecule has 1 unspecified atom stereocenters. The first kappa shape index (κ1) is 9.48. The monoisotopic (exact) mass is 141 g/mol. The first-order valence-corrected chi connectivity index (χ1v) is 3.49. The van der Waals surface area contributed by atoms with Crippen molar-refractivity contribution in [2.75, 3.05) is 13.7 Å². The van der Waals surface area contributed by atoms with Crippen molar-refractivity contribution in [2.24, 2.45) is 5.73 Å². The van der Waals surface area contributed by atoms with Gasteiger partial charge in [-0.2, -0.15) is 0 Å². The third-order valence-corrected chi connectivity index (χ3v) is 1.28. The van der Waals surface area contributed by atoms with E-state index in [4.69, 9.17) is 16.9 Å². The summed E-state index contributed by atoms with van der Waals surface area (Å²) >= 11 is 0. The average molecular weight is 141 g/mol. The van der Waals surface area contributed by atoms with Crippen molar-refractivity contribution in [2.45, 2.75) is 25.3 Å². The van der Waals surface area contributed by atoms with Crippen LogP contribution in [0.5, 0.6) is 0 Å². The van der Waals surface area contributed by atoms with Gasteiger partial charge >= 0.3 is 0 Å². The molecule has 0 saturated carbocycles. The maximum absolute atomic E-state index is 5.63. The van der Waals surface area contributed by atoms with Gasteiger partial charge in [-0.15, -0.1) is 12.3 Å². The highest BCUT2D eigenvalue weighted by Crippen LogP contribution is 1.97. The zero-order valence-electron chi connectivity index (χ0n) is 6.47. The molecule has 58 valence electrons. The van der Waals surface area contributed by atoms with E-state index in [0.29, 0.717) is 6.61 Å². The zero-order valence-corrected chi connectivity index (χ0v) is 6.47. The van der Waals surface area contributed by atoms with Gasteiger partial charge in [0.15, 0.2) is 0 Å². The van der Waals surface area contributed by atoms with E-state index in [1.54, 1.807) is 7.11 Å². The fraction of sp³-hybridized carbons (Fsp3) is 0.750. The second-order valence-electron chi connectivity index (χ2n) is 2.31. The van der Waals surface area contributed by atoms with Crippen molar-refractivity contribution < 1.29 is 4.74 Å². The Morgan fingerprint density at radius 3 is 2.90 bits per heavy atom. The lowest BCUT2D eigenvalue weighted by molar-refractivity contribution is 0.176. The SMILES string of the molecule is C#CCCCC(N)COC. The lowest BCUT2D eigenvalue weighted by Crippen LogP contribution is -2.25. The number of hydrogen-bond donors (Lipinski definition) is 1. The van der Waals surface area contributed by atoms with Crippen LogP contribution in [0.2, 0.25) is 0 Å². The minimum Gasteiger partial charge on any atom is -0.383 e. The molecule has 0 aliphatic rings. The summed E-state index contributed by atoms with van der Waals surface area (Å²) in [7, 11) is 1.65. The molecule has 0 amide bonds. The Balaban J connectivity index is 3.06. The quantitative estimate of drug-likeness (QED) is 0.453. The highest BCUT2D eigenvalue weighted by Gasteiger charge is 1.98. The summed E-state index contributed by atoms with van der Waals surface area (Å²) in [5.41, 5.74) is 5.63. The zero-order chi connectivity index (χ0) is 7.82. The van der Waals surface area contributed by atoms with Gasteiger partial charge in [0.1, 0.15) is 0 Å². The van der Waals surface area contributed by atoms with Crippen LogP contribution < -0.4 is 5.73 Å². The molecule has 0 aromatic rings. The number of ether oxygens (including phenoxy) is 1. The fourth-order valence-electron chi connectivity index (χ4n) is 0.764. The van der Waals surface area contributed by atoms with Crippen molar-refractivity contribution in [3.63, 3.8) is 0 Å². The van der Waals surface area contributed by atoms with Crippen molar-refractivity contribution in [3.05, 3.63) is 0 Å². The summed E-state index contributed by atoms with van der Waals surface area (Å²) in [4.78, 5) is 0. The van der Waals surface area contributed by atoms with Gasteiger partial charge in [-0.25, -0.2) is 0 Å². The maximum Gasteiger partial charge on any atom is 0.0613 e. The number of hydrogen-bond acceptors (Lipinski definition) is 2. The van der Waals surface area contributed by atoms with Crippen molar-refractivity contribution in [3.8, 4) is 12.3 Å². The second kappa shape index (κ2) is 6.60. The first-order valence-electron chi connectivity index (χ1n) is 3.49. The molecule has 0 heterocycles. The van der Waals surface area contributed by atoms with E-state index < -0.39 is 0 Å². The molecule has 0 aliphatic heterocycles. The summed E-state index contributed by atoms with van der Waals surface area (Å²) in [6.07, 6.45) is 7.84. The van der Waals surface area contributed by atoms with E-state index in [1.807, 2.05) is 0 Å². The number of methoxy groups -OCH3 is 1. The van der Waals surface area contributed by atoms with E-state index >= 15 is 0 Å². The highest BCUT2D eigenvalue weighted by atomic mass is 16.5. The Kier molecular flexibility index (Phi) is 6.25. The number of rotatable bonds is 5. The van der Waals surface area contributed by atoms with Crippen LogP contribution in [-0.4, -0.2) is 19.8 Å². The molecular weight excluding hydrogens is 126 g/mol. The Hall–Kier alpha value is -0.520. The predicted molar refractivity (Wildman–Crippen MR) is 42.5 cm³/mol. The van der Waals surface area contributed by atoms with Crippen LogP contribution in [0.15, 0.2) is 0 Å². The van der Waals surface area contributed by atoms with E-state index in [0.717, 1.165) is 19.3 Å². The number of terminal acetylenes is 1. The molecule has 0 aromatic heterocycles. The minimum absolute atomic E-state index is 0.151. The van der Waals surface area contributed by atoms with Crippen molar-refractivity contribution in [1.82, 2.24) is 0 Å². The molecule has 1 atom stereocenters.